The second-order valence-electron chi connectivity index (χ2n) is 13.4. The van der Waals surface area contributed by atoms with E-state index in [1.54, 1.807) is 4.70 Å². The first-order chi connectivity index (χ1) is 23.1. The minimum atomic E-state index is 1.01. The van der Waals surface area contributed by atoms with Crippen LogP contribution in [0.1, 0.15) is 179 Å². The van der Waals surface area contributed by atoms with E-state index in [4.69, 9.17) is 0 Å². The Morgan fingerprint density at radius 2 is 0.787 bits per heavy atom. The molecule has 3 heteroatoms. The number of hydrogen-bond donors (Lipinski definition) is 0. The van der Waals surface area contributed by atoms with Gasteiger partial charge in [-0.1, -0.05) is 103 Å². The van der Waals surface area contributed by atoms with E-state index in [1.165, 1.54) is 123 Å². The van der Waals surface area contributed by atoms with Crippen LogP contribution in [0, 0.1) is 0 Å². The van der Waals surface area contributed by atoms with Crippen LogP contribution in [-0.4, -0.2) is 4.70 Å². The molecule has 0 unspecified atom stereocenters. The van der Waals surface area contributed by atoms with Gasteiger partial charge >= 0.3 is 64.8 Å². The van der Waals surface area contributed by atoms with Gasteiger partial charge < -0.3 is 5.53 Å². The van der Waals surface area contributed by atoms with Crippen molar-refractivity contribution in [2.45, 2.75) is 181 Å². The Morgan fingerprint density at radius 3 is 1.21 bits per heavy atom. The number of nitrogens with zero attached hydrogens (tertiary/aromatic N) is 2. The molecule has 0 aliphatic carbocycles. The van der Waals surface area contributed by atoms with Crippen molar-refractivity contribution in [1.82, 2.24) is 0 Å². The van der Waals surface area contributed by atoms with Gasteiger partial charge in [-0.25, -0.2) is 4.70 Å². The molecule has 0 N–H and O–H groups in total. The van der Waals surface area contributed by atoms with Crippen LogP contribution in [0.15, 0.2) is 59.7 Å². The molecule has 1 aliphatic rings. The van der Waals surface area contributed by atoms with E-state index in [-0.39, 0.29) is 0 Å². The van der Waals surface area contributed by atoms with Crippen molar-refractivity contribution in [3.63, 3.8) is 0 Å². The molecule has 0 aromatic heterocycles. The minimum absolute atomic E-state index is 1.01. The van der Waals surface area contributed by atoms with Gasteiger partial charge in [0.25, 0.3) is 0 Å². The fourth-order valence-electron chi connectivity index (χ4n) is 6.10. The zero-order valence-corrected chi connectivity index (χ0v) is 32.4. The monoisotopic (exact) mass is 684 g/mol. The molecule has 2 aromatic rings. The quantitative estimate of drug-likeness (QED) is 0.0597. The summed E-state index contributed by atoms with van der Waals surface area (Å²) in [5, 5.41) is 2.78. The van der Waals surface area contributed by atoms with Crippen LogP contribution in [-0.2, 0) is 27.3 Å². The molecule has 2 nitrogen and oxygen atoms in total. The predicted octanol–water partition coefficient (Wildman–Crippen LogP) is 15.0. The molecule has 0 spiro atoms. The first-order valence-electron chi connectivity index (χ1n) is 19.6. The molecule has 0 radical (unpaired) electrons. The zero-order chi connectivity index (χ0) is 34.1. The van der Waals surface area contributed by atoms with E-state index in [0.29, 0.717) is 0 Å². The molecule has 0 atom stereocenters. The van der Waals surface area contributed by atoms with Crippen molar-refractivity contribution >= 4 is 11.4 Å². The molecule has 0 bridgehead atoms. The van der Waals surface area contributed by atoms with Gasteiger partial charge in [0.15, 0.2) is 0 Å². The Morgan fingerprint density at radius 1 is 0.426 bits per heavy atom. The third-order valence-electron chi connectivity index (χ3n) is 9.17. The normalized spacial score (nSPS) is 13.1. The topological polar surface area (TPSA) is 25.3 Å². The second-order valence-corrected chi connectivity index (χ2v) is 14.9. The van der Waals surface area contributed by atoms with Gasteiger partial charge in [0, 0.05) is 22.3 Å². The summed E-state index contributed by atoms with van der Waals surface area (Å²) >= 11 is 1.94. The van der Waals surface area contributed by atoms with Crippen molar-refractivity contribution < 1.29 is 19.1 Å². The summed E-state index contributed by atoms with van der Waals surface area (Å²) < 4.78 is 1.54. The Hall–Kier alpha value is -1.99. The average molecular weight is 686 g/mol. The van der Waals surface area contributed by atoms with E-state index in [9.17, 15) is 5.53 Å². The van der Waals surface area contributed by atoms with E-state index in [0.717, 1.165) is 61.0 Å². The van der Waals surface area contributed by atoms with Gasteiger partial charge in [-0.15, -0.1) is 0 Å². The third-order valence-corrected chi connectivity index (χ3v) is 10.6. The molecular formula is C44H70N2Ni. The summed E-state index contributed by atoms with van der Waals surface area (Å²) in [6, 6.07) is 18.0. The molecular weight excluding hydrogens is 615 g/mol. The van der Waals surface area contributed by atoms with Crippen LogP contribution in [0.4, 0.5) is 0 Å². The SMILES string of the molecule is CCCCCCCCC1=C(c2ccc(CCCC)cc2)[N+](=[N-])C(c2ccc(CCCC)cc2)=C1CCCC.CCC[CH2][Ni][CH2]CCC. The summed E-state index contributed by atoms with van der Waals surface area (Å²) in [4.78, 5) is 0. The van der Waals surface area contributed by atoms with Gasteiger partial charge in [0.1, 0.15) is 0 Å². The van der Waals surface area contributed by atoms with Gasteiger partial charge in [0.05, 0.1) is 0 Å². The Labute approximate surface area is 297 Å². The van der Waals surface area contributed by atoms with Crippen LogP contribution < -0.4 is 0 Å². The van der Waals surface area contributed by atoms with Crippen molar-refractivity contribution in [1.29, 1.82) is 0 Å². The number of rotatable bonds is 24. The van der Waals surface area contributed by atoms with E-state index in [1.807, 2.05) is 14.4 Å². The molecule has 47 heavy (non-hydrogen) atoms. The molecule has 0 amide bonds. The zero-order valence-electron chi connectivity index (χ0n) is 31.4. The summed E-state index contributed by atoms with van der Waals surface area (Å²) in [6.07, 6.45) is 24.7. The number of hydrogen-bond acceptors (Lipinski definition) is 0. The molecule has 0 saturated carbocycles. The molecule has 1 aliphatic heterocycles. The molecule has 2 aromatic carbocycles. The molecule has 3 rings (SSSR count). The number of benzene rings is 2. The van der Waals surface area contributed by atoms with Crippen molar-refractivity contribution in [2.24, 2.45) is 0 Å². The Kier molecular flexibility index (Phi) is 22.7. The third kappa shape index (κ3) is 15.0. The van der Waals surface area contributed by atoms with Gasteiger partial charge in [-0.05, 0) is 86.8 Å². The first-order valence-corrected chi connectivity index (χ1v) is 21.0. The number of aryl methyl sites for hydroxylation is 2. The van der Waals surface area contributed by atoms with E-state index >= 15 is 0 Å². The van der Waals surface area contributed by atoms with Gasteiger partial charge in [-0.3, -0.25) is 0 Å². The predicted molar refractivity (Wildman–Crippen MR) is 205 cm³/mol. The van der Waals surface area contributed by atoms with Crippen molar-refractivity contribution in [2.75, 3.05) is 0 Å². The van der Waals surface area contributed by atoms with Crippen molar-refractivity contribution in [3.8, 4) is 0 Å². The van der Waals surface area contributed by atoms with Crippen LogP contribution in [0.5, 0.6) is 0 Å². The Balaban J connectivity index is 0.000000745. The molecule has 1 heterocycles. The van der Waals surface area contributed by atoms with Gasteiger partial charge in [0.2, 0.25) is 11.4 Å². The summed E-state index contributed by atoms with van der Waals surface area (Å²) in [7, 11) is 0. The molecule has 0 saturated heterocycles. The van der Waals surface area contributed by atoms with E-state index < -0.39 is 0 Å². The van der Waals surface area contributed by atoms with Gasteiger partial charge in [-0.2, -0.15) is 0 Å². The van der Waals surface area contributed by atoms with Crippen LogP contribution in [0.25, 0.3) is 16.9 Å². The summed E-state index contributed by atoms with van der Waals surface area (Å²) in [5.41, 5.74) is 21.6. The standard InChI is InChI=1S/C36H52N2.2C4H9.Ni/c1-5-9-13-14-15-16-20-34-33(19-12-8-4)35(31-25-21-29(22-26-31)17-10-6-2)38(37)36(34)32-27-23-30(24-28-32)18-11-7-3;2*1-3-4-2;/h21-28H,5-20H2,1-4H3;2*1,3-4H2,2H3;. The second kappa shape index (κ2) is 26.0. The maximum atomic E-state index is 11.8. The van der Waals surface area contributed by atoms with Crippen LogP contribution >= 0.6 is 0 Å². The fraction of sp³-hybridized carbons (Fsp3) is 0.636. The fourth-order valence-corrected chi connectivity index (χ4v) is 7.54. The maximum absolute atomic E-state index is 11.8. The summed E-state index contributed by atoms with van der Waals surface area (Å²) in [6.45, 7) is 13.5. The average Bonchev–Trinajstić information content (AvgIpc) is 3.37. The van der Waals surface area contributed by atoms with E-state index in [2.05, 4.69) is 90.1 Å². The van der Waals surface area contributed by atoms with Crippen LogP contribution in [0.2, 0.25) is 10.8 Å². The Bertz CT molecular complexity index is 1170. The molecule has 0 fully saturated rings. The molecule has 266 valence electrons. The van der Waals surface area contributed by atoms with Crippen LogP contribution in [0.3, 0.4) is 0 Å². The number of unbranched alkanes of at least 4 members (excludes halogenated alkanes) is 10. The summed E-state index contributed by atoms with van der Waals surface area (Å²) in [5.74, 6) is 0. The van der Waals surface area contributed by atoms with Crippen molar-refractivity contribution in [3.05, 3.63) is 87.5 Å². The number of allylic oxidation sites excluding steroid dienone is 2. The first kappa shape index (κ1) is 41.2.